The van der Waals surface area contributed by atoms with Gasteiger partial charge in [0, 0.05) is 60.0 Å². The van der Waals surface area contributed by atoms with E-state index in [1.165, 1.54) is 12.1 Å². The van der Waals surface area contributed by atoms with Crippen LogP contribution >= 0.6 is 0 Å². The molecule has 0 saturated heterocycles. The van der Waals surface area contributed by atoms with Crippen molar-refractivity contribution >= 4 is 87.2 Å². The second kappa shape index (κ2) is 14.8. The standard InChI is InChI=1S/C62H36F3N5/c63-62(64,65)40-17-15-16-38(34-40)49-36-56(69-50-26-11-7-22-43(50)45-30-32-54-58(60(45)69)47-24-9-13-28-52(47)67(54)41-18-3-1-4-19-41)39(37-66)35-57(49)70-51-27-12-8-23-44(51)46-31-33-55-59(61(46)70)48-25-10-14-29-53(48)68(55)42-20-5-2-6-21-42/h1-36H. The fourth-order valence-corrected chi connectivity index (χ4v) is 11.4. The third-order valence-corrected chi connectivity index (χ3v) is 14.2. The maximum absolute atomic E-state index is 14.9. The molecule has 70 heavy (non-hydrogen) atoms. The SMILES string of the molecule is N#Cc1cc(-n2c3ccccc3c3ccc4c(c5ccccc5n4-c4ccccc4)c32)c(-c2cccc(C(F)(F)F)c2)cc1-n1c2ccccc2c2ccc3c(c4ccccc4n3-c3ccccc3)c21. The zero-order chi connectivity index (χ0) is 46.8. The molecule has 0 aliphatic carbocycles. The van der Waals surface area contributed by atoms with Gasteiger partial charge in [-0.3, -0.25) is 0 Å². The smallest absolute Gasteiger partial charge is 0.309 e. The Kier molecular flexibility index (Phi) is 8.44. The molecule has 0 aliphatic rings. The number of alkyl halides is 3. The summed E-state index contributed by atoms with van der Waals surface area (Å²) in [5.41, 5.74) is 11.2. The van der Waals surface area contributed by atoms with Crippen LogP contribution in [0.1, 0.15) is 11.1 Å². The van der Waals surface area contributed by atoms with Gasteiger partial charge in [0.15, 0.2) is 0 Å². The van der Waals surface area contributed by atoms with Crippen molar-refractivity contribution in [3.05, 3.63) is 230 Å². The summed E-state index contributed by atoms with van der Waals surface area (Å²) >= 11 is 0. The van der Waals surface area contributed by atoms with Gasteiger partial charge in [-0.2, -0.15) is 18.4 Å². The molecule has 0 N–H and O–H groups in total. The largest absolute Gasteiger partial charge is 0.416 e. The van der Waals surface area contributed by atoms with E-state index in [1.54, 1.807) is 6.07 Å². The third-order valence-electron chi connectivity index (χ3n) is 14.2. The quantitative estimate of drug-likeness (QED) is 0.170. The van der Waals surface area contributed by atoms with E-state index in [-0.39, 0.29) is 0 Å². The van der Waals surface area contributed by atoms with Crippen LogP contribution in [0, 0.1) is 11.3 Å². The number of rotatable bonds is 5. The van der Waals surface area contributed by atoms with E-state index in [0.717, 1.165) is 105 Å². The summed E-state index contributed by atoms with van der Waals surface area (Å²) in [5.74, 6) is 0. The van der Waals surface area contributed by atoms with Crippen LogP contribution in [0.2, 0.25) is 0 Å². The summed E-state index contributed by atoms with van der Waals surface area (Å²) in [6, 6.07) is 74.2. The highest BCUT2D eigenvalue weighted by molar-refractivity contribution is 6.28. The van der Waals surface area contributed by atoms with Gasteiger partial charge in [-0.05, 0) is 90.5 Å². The Morgan fingerprint density at radius 2 is 0.800 bits per heavy atom. The molecular formula is C62H36F3N5. The lowest BCUT2D eigenvalue weighted by molar-refractivity contribution is -0.137. The van der Waals surface area contributed by atoms with E-state index in [1.807, 2.05) is 97.1 Å². The minimum atomic E-state index is -4.60. The van der Waals surface area contributed by atoms with Crippen molar-refractivity contribution in [2.75, 3.05) is 0 Å². The van der Waals surface area contributed by atoms with E-state index in [4.69, 9.17) is 0 Å². The number of fused-ring (bicyclic) bond motifs is 14. The van der Waals surface area contributed by atoms with Crippen LogP contribution in [-0.2, 0) is 6.18 Å². The second-order valence-corrected chi connectivity index (χ2v) is 17.9. The first-order valence-corrected chi connectivity index (χ1v) is 23.2. The molecule has 4 aromatic heterocycles. The van der Waals surface area contributed by atoms with Gasteiger partial charge in [0.2, 0.25) is 0 Å². The highest BCUT2D eigenvalue weighted by Crippen LogP contribution is 2.47. The minimum Gasteiger partial charge on any atom is -0.309 e. The first-order valence-electron chi connectivity index (χ1n) is 23.2. The maximum atomic E-state index is 14.9. The van der Waals surface area contributed by atoms with Crippen LogP contribution in [0.5, 0.6) is 0 Å². The fraction of sp³-hybridized carbons (Fsp3) is 0.0161. The predicted octanol–water partition coefficient (Wildman–Crippen LogP) is 16.6. The summed E-state index contributed by atoms with van der Waals surface area (Å²) in [6.45, 7) is 0. The number of hydrogen-bond acceptors (Lipinski definition) is 1. The van der Waals surface area contributed by atoms with Crippen molar-refractivity contribution in [3.8, 4) is 39.9 Å². The summed E-state index contributed by atoms with van der Waals surface area (Å²) < 4.78 is 53.4. The average Bonchev–Trinajstić information content (AvgIpc) is 4.13. The number of nitriles is 1. The van der Waals surface area contributed by atoms with Gasteiger partial charge in [0.05, 0.1) is 66.6 Å². The van der Waals surface area contributed by atoms with E-state index >= 15 is 0 Å². The normalized spacial score (nSPS) is 12.2. The highest BCUT2D eigenvalue weighted by Gasteiger charge is 2.32. The molecule has 0 unspecified atom stereocenters. The monoisotopic (exact) mass is 907 g/mol. The number of nitrogens with zero attached hydrogens (tertiary/aromatic N) is 5. The Labute approximate surface area is 397 Å². The zero-order valence-corrected chi connectivity index (χ0v) is 37.2. The lowest BCUT2D eigenvalue weighted by Gasteiger charge is -2.20. The van der Waals surface area contributed by atoms with Gasteiger partial charge < -0.3 is 18.3 Å². The van der Waals surface area contributed by atoms with E-state index in [9.17, 15) is 18.4 Å². The van der Waals surface area contributed by atoms with Gasteiger partial charge in [0.25, 0.3) is 0 Å². The van der Waals surface area contributed by atoms with Gasteiger partial charge in [-0.15, -0.1) is 0 Å². The Hall–Kier alpha value is -9.32. The van der Waals surface area contributed by atoms with Crippen molar-refractivity contribution in [2.45, 2.75) is 6.18 Å². The lowest BCUT2D eigenvalue weighted by atomic mass is 9.97. The molecule has 14 rings (SSSR count). The van der Waals surface area contributed by atoms with Crippen molar-refractivity contribution in [3.63, 3.8) is 0 Å². The zero-order valence-electron chi connectivity index (χ0n) is 37.2. The highest BCUT2D eigenvalue weighted by atomic mass is 19.4. The molecular weight excluding hydrogens is 872 g/mol. The fourth-order valence-electron chi connectivity index (χ4n) is 11.4. The molecule has 0 bridgehead atoms. The molecule has 0 saturated carbocycles. The van der Waals surface area contributed by atoms with E-state index in [0.29, 0.717) is 28.1 Å². The van der Waals surface area contributed by atoms with Crippen LogP contribution in [0.4, 0.5) is 13.2 Å². The first kappa shape index (κ1) is 39.8. The van der Waals surface area contributed by atoms with Crippen molar-refractivity contribution in [2.24, 2.45) is 0 Å². The molecule has 0 aliphatic heterocycles. The number of aromatic nitrogens is 4. The molecule has 0 spiro atoms. The minimum absolute atomic E-state index is 0.363. The van der Waals surface area contributed by atoms with Crippen molar-refractivity contribution < 1.29 is 13.2 Å². The molecule has 0 radical (unpaired) electrons. The average molecular weight is 908 g/mol. The van der Waals surface area contributed by atoms with Crippen molar-refractivity contribution in [1.29, 1.82) is 5.26 Å². The summed E-state index contributed by atoms with van der Waals surface area (Å²) in [5, 5.41) is 19.6. The Bertz CT molecular complexity index is 4520. The summed E-state index contributed by atoms with van der Waals surface area (Å²) in [4.78, 5) is 0. The lowest BCUT2D eigenvalue weighted by Crippen LogP contribution is -2.06. The van der Waals surface area contributed by atoms with Crippen molar-refractivity contribution in [1.82, 2.24) is 18.3 Å². The summed E-state index contributed by atoms with van der Waals surface area (Å²) in [6.07, 6.45) is -4.60. The second-order valence-electron chi connectivity index (χ2n) is 17.9. The predicted molar refractivity (Wildman–Crippen MR) is 279 cm³/mol. The molecule has 0 fully saturated rings. The molecule has 0 atom stereocenters. The van der Waals surface area contributed by atoms with E-state index < -0.39 is 11.7 Å². The number of halogens is 3. The Morgan fingerprint density at radius 1 is 0.357 bits per heavy atom. The number of para-hydroxylation sites is 6. The van der Waals surface area contributed by atoms with Crippen LogP contribution in [-0.4, -0.2) is 18.3 Å². The molecule has 330 valence electrons. The summed E-state index contributed by atoms with van der Waals surface area (Å²) in [7, 11) is 0. The molecule has 4 heterocycles. The number of benzene rings is 10. The Balaban J connectivity index is 1.16. The third kappa shape index (κ3) is 5.60. The molecule has 8 heteroatoms. The number of hydrogen-bond donors (Lipinski definition) is 0. The topological polar surface area (TPSA) is 43.5 Å². The van der Waals surface area contributed by atoms with Gasteiger partial charge in [0.1, 0.15) is 6.07 Å². The van der Waals surface area contributed by atoms with Crippen LogP contribution in [0.15, 0.2) is 218 Å². The van der Waals surface area contributed by atoms with Gasteiger partial charge in [-0.1, -0.05) is 133 Å². The Morgan fingerprint density at radius 3 is 1.29 bits per heavy atom. The molecule has 10 aromatic carbocycles. The molecule has 5 nitrogen and oxygen atoms in total. The molecule has 0 amide bonds. The van der Waals surface area contributed by atoms with Gasteiger partial charge in [-0.25, -0.2) is 0 Å². The van der Waals surface area contributed by atoms with Gasteiger partial charge >= 0.3 is 6.18 Å². The molecule has 14 aromatic rings. The van der Waals surface area contributed by atoms with E-state index in [2.05, 4.69) is 121 Å². The van der Waals surface area contributed by atoms with Crippen LogP contribution in [0.25, 0.3) is 121 Å². The van der Waals surface area contributed by atoms with Crippen LogP contribution < -0.4 is 0 Å². The van der Waals surface area contributed by atoms with Crippen LogP contribution in [0.3, 0.4) is 0 Å². The first-order chi connectivity index (χ1) is 34.4. The maximum Gasteiger partial charge on any atom is 0.416 e.